The average Bonchev–Trinajstić information content (AvgIpc) is 3.82. The second-order valence-corrected chi connectivity index (χ2v) is 15.6. The van der Waals surface area contributed by atoms with Crippen molar-refractivity contribution in [3.63, 3.8) is 0 Å². The van der Waals surface area contributed by atoms with Gasteiger partial charge >= 0.3 is 265 Å². The van der Waals surface area contributed by atoms with Gasteiger partial charge in [0.25, 0.3) is 0 Å². The number of carboxylic acids is 2. The van der Waals surface area contributed by atoms with E-state index in [0.717, 1.165) is 103 Å². The molecule has 267 valence electrons. The third-order valence-corrected chi connectivity index (χ3v) is 12.8. The monoisotopic (exact) mass is 750 g/mol. The Bertz CT molecular complexity index is 2280. The summed E-state index contributed by atoms with van der Waals surface area (Å²) >= 11 is -1.91. The molecular formula is C39H41ClFeN5O5. The van der Waals surface area contributed by atoms with Gasteiger partial charge in [-0.25, -0.2) is 0 Å². The fraction of sp³-hybridized carbons (Fsp3) is 0.308. The first-order valence-corrected chi connectivity index (χ1v) is 19.3. The number of rotatable bonds is 8. The Hall–Kier alpha value is -4.70. The molecule has 0 radical (unpaired) electrons. The number of fused-ring (bicyclic) bond motifs is 2. The van der Waals surface area contributed by atoms with Gasteiger partial charge < -0.3 is 4.90 Å². The number of nitrogens with zero attached hydrogens (tertiary/aromatic N) is 5. The van der Waals surface area contributed by atoms with Crippen LogP contribution in [0.25, 0.3) is 30.4 Å². The van der Waals surface area contributed by atoms with Crippen molar-refractivity contribution in [1.29, 1.82) is 0 Å². The molecular weight excluding hydrogens is 710 g/mol. The molecule has 5 aliphatic rings. The molecule has 1 saturated heterocycles. The van der Waals surface area contributed by atoms with Crippen LogP contribution in [-0.2, 0) is 34.2 Å². The van der Waals surface area contributed by atoms with Crippen LogP contribution in [0, 0.1) is 13.8 Å². The Morgan fingerprint density at radius 3 is 2.08 bits per heavy atom. The standard InChI is InChI=1S/C34H34N4O4.C5H9NO.ClH.Fe/c1-7-21-17(3)25-13-26-19(5)23(9-11-33(39)40)31(37-26)16-32-24(10-12-34(41)42)20(6)28(38-32)15-30-22(8-2)18(4)27(36-30)14-29(21)35-25;1-6-4-2-3-5(6)7;;/h7-8,13-16H,1-2,9-12H2,3-6H3,(H4,35,36,37,38,39,40,41,42);2-4H2,1H3;1H;/q;;;+3/p-3/b25-13?,26-13-,27-14-,28-15-,29-14?,30-15?,31-16?,32-16-;;;. The normalized spacial score (nSPS) is 21.3. The van der Waals surface area contributed by atoms with E-state index in [0.29, 0.717) is 18.0 Å². The zero-order valence-corrected chi connectivity index (χ0v) is 31.3. The van der Waals surface area contributed by atoms with E-state index in [2.05, 4.69) is 26.4 Å². The van der Waals surface area contributed by atoms with Crippen LogP contribution >= 0.6 is 10.1 Å². The van der Waals surface area contributed by atoms with Gasteiger partial charge in [-0.2, -0.15) is 0 Å². The zero-order chi connectivity index (χ0) is 36.9. The van der Waals surface area contributed by atoms with Crippen molar-refractivity contribution in [2.24, 2.45) is 9.98 Å². The Morgan fingerprint density at radius 1 is 0.863 bits per heavy atom. The molecule has 2 aromatic rings. The number of aliphatic imine (C=N–C) groups is 2. The first-order chi connectivity index (χ1) is 24.3. The molecule has 1 amide bonds. The molecule has 0 saturated carbocycles. The van der Waals surface area contributed by atoms with Crippen LogP contribution in [0.2, 0.25) is 0 Å². The van der Waals surface area contributed by atoms with Gasteiger partial charge in [-0.05, 0) is 6.42 Å². The van der Waals surface area contributed by atoms with Gasteiger partial charge in [0.1, 0.15) is 0 Å². The number of carboxylic acid groups (broad SMARTS) is 2. The van der Waals surface area contributed by atoms with Crippen molar-refractivity contribution in [2.45, 2.75) is 66.2 Å². The molecule has 7 heterocycles. The predicted molar refractivity (Wildman–Crippen MR) is 199 cm³/mol. The van der Waals surface area contributed by atoms with Crippen molar-refractivity contribution in [3.8, 4) is 0 Å². The Labute approximate surface area is 305 Å². The summed E-state index contributed by atoms with van der Waals surface area (Å²) in [5.74, 6) is -1.49. The van der Waals surface area contributed by atoms with Crippen LogP contribution in [-0.4, -0.2) is 65.1 Å². The number of aliphatic carboxylic acids is 2. The van der Waals surface area contributed by atoms with Crippen LogP contribution in [0.1, 0.15) is 79.6 Å². The molecule has 0 spiro atoms. The molecule has 0 aromatic carbocycles. The average molecular weight is 751 g/mol. The van der Waals surface area contributed by atoms with E-state index in [-0.39, 0.29) is 19.3 Å². The van der Waals surface area contributed by atoms with Gasteiger partial charge in [0.05, 0.1) is 0 Å². The first kappa shape index (κ1) is 36.1. The minimum atomic E-state index is -1.91. The van der Waals surface area contributed by atoms with Crippen molar-refractivity contribution >= 4 is 69.7 Å². The third-order valence-electron chi connectivity index (χ3n) is 9.98. The fourth-order valence-corrected chi connectivity index (χ4v) is 10.1. The number of likely N-dealkylation sites (tertiary alicyclic amines) is 1. The van der Waals surface area contributed by atoms with Crippen molar-refractivity contribution in [1.82, 2.24) is 12.1 Å². The van der Waals surface area contributed by atoms with E-state index in [1.807, 2.05) is 65.1 Å². The maximum atomic E-state index is 11.8. The van der Waals surface area contributed by atoms with Crippen LogP contribution in [0.3, 0.4) is 0 Å². The van der Waals surface area contributed by atoms with E-state index < -0.39 is 25.4 Å². The second-order valence-electron chi connectivity index (χ2n) is 13.0. The summed E-state index contributed by atoms with van der Waals surface area (Å²) in [6, 6.07) is 0. The molecule has 12 heteroatoms. The topological polar surface area (TPSA) is 129 Å². The Kier molecular flexibility index (Phi) is 10.0. The Morgan fingerprint density at radius 2 is 1.49 bits per heavy atom. The van der Waals surface area contributed by atoms with Gasteiger partial charge in [-0.15, -0.1) is 0 Å². The maximum Gasteiger partial charge on any atom is 0.222 e. The maximum absolute atomic E-state index is 11.8. The molecule has 5 aliphatic heterocycles. The van der Waals surface area contributed by atoms with Gasteiger partial charge in [-0.3, -0.25) is 4.79 Å². The summed E-state index contributed by atoms with van der Waals surface area (Å²) in [5.41, 5.74) is 12.1. The minimum absolute atomic E-state index is 0.0370. The molecule has 7 rings (SSSR count). The molecule has 1 fully saturated rings. The zero-order valence-electron chi connectivity index (χ0n) is 29.4. The molecule has 0 atom stereocenters. The number of carbonyl (C=O) groups is 3. The number of hydrogen-bond donors (Lipinski definition) is 2. The summed E-state index contributed by atoms with van der Waals surface area (Å²) in [6.07, 6.45) is 14.0. The summed E-state index contributed by atoms with van der Waals surface area (Å²) in [6.45, 7) is 17.2. The van der Waals surface area contributed by atoms with Gasteiger partial charge in [0.15, 0.2) is 0 Å². The Balaban J connectivity index is 0.000000573. The van der Waals surface area contributed by atoms with Crippen LogP contribution in [0.15, 0.2) is 62.9 Å². The fourth-order valence-electron chi connectivity index (χ4n) is 7.05. The van der Waals surface area contributed by atoms with E-state index in [1.165, 1.54) is 0 Å². The van der Waals surface area contributed by atoms with Gasteiger partial charge in [0, 0.05) is 20.0 Å². The molecule has 2 N–H and O–H groups in total. The number of halogens is 1. The van der Waals surface area contributed by atoms with E-state index in [9.17, 15) is 24.6 Å². The van der Waals surface area contributed by atoms with Crippen LogP contribution < -0.4 is 10.7 Å². The quantitative estimate of drug-likeness (QED) is 0.337. The minimum Gasteiger partial charge on any atom is -0.346 e. The van der Waals surface area contributed by atoms with Crippen LogP contribution in [0.4, 0.5) is 0 Å². The van der Waals surface area contributed by atoms with E-state index in [1.54, 1.807) is 4.90 Å². The summed E-state index contributed by atoms with van der Waals surface area (Å²) < 4.78 is 4.25. The summed E-state index contributed by atoms with van der Waals surface area (Å²) in [5, 5.41) is 20.8. The van der Waals surface area contributed by atoms with Crippen molar-refractivity contribution in [2.75, 3.05) is 13.6 Å². The van der Waals surface area contributed by atoms with Crippen molar-refractivity contribution < 1.29 is 38.0 Å². The summed E-state index contributed by atoms with van der Waals surface area (Å²) in [7, 11) is 9.53. The first-order valence-electron chi connectivity index (χ1n) is 16.8. The number of amides is 1. The smallest absolute Gasteiger partial charge is 0.222 e. The van der Waals surface area contributed by atoms with E-state index >= 15 is 0 Å². The second kappa shape index (κ2) is 14.1. The predicted octanol–water partition coefficient (Wildman–Crippen LogP) is 5.67. The molecule has 10 nitrogen and oxygen atoms in total. The molecule has 51 heavy (non-hydrogen) atoms. The van der Waals surface area contributed by atoms with Crippen molar-refractivity contribution in [3.05, 3.63) is 97.3 Å². The largest absolute Gasteiger partial charge is 0.346 e. The number of carbonyl (C=O) groups excluding carboxylic acids is 1. The number of hydrogen-bond acceptors (Lipinski definition) is 5. The van der Waals surface area contributed by atoms with Gasteiger partial charge in [-0.1, -0.05) is 0 Å². The van der Waals surface area contributed by atoms with Gasteiger partial charge in [0.2, 0.25) is 5.91 Å². The molecule has 2 aromatic heterocycles. The SMILES string of the molecule is C=CC1=C(C)/C2=C/c3c(C=C)c(C)c4[n]3[Fe]([Cl])[n]3/c(c(C)c(CCC(=O)O)/c3=C/C3=NC(=C\4)/C(C)=C3CCC(=O)O)=C\C1=N2.CN1CCCC1=O. The summed E-state index contributed by atoms with van der Waals surface area (Å²) in [4.78, 5) is 45.8. The molecule has 0 aliphatic carbocycles. The number of aromatic nitrogens is 2. The van der Waals surface area contributed by atoms with Crippen LogP contribution in [0.5, 0.6) is 0 Å². The molecule has 6 bridgehead atoms. The van der Waals surface area contributed by atoms with E-state index in [4.69, 9.17) is 20.1 Å². The third kappa shape index (κ3) is 6.39. The molecule has 0 unspecified atom stereocenters. The number of allylic oxidation sites excluding steroid dienone is 5.